The Balaban J connectivity index is 1.98. The molecule has 2 N–H and O–H groups in total. The van der Waals surface area contributed by atoms with E-state index in [1.54, 1.807) is 12.1 Å². The van der Waals surface area contributed by atoms with Crippen LogP contribution in [-0.2, 0) is 4.74 Å². The average molecular weight is 373 g/mol. The van der Waals surface area contributed by atoms with Crippen LogP contribution in [0.2, 0.25) is 5.15 Å². The molecule has 0 unspecified atom stereocenters. The number of nitrogens with zero attached hydrogens (tertiary/aromatic N) is 4. The summed E-state index contributed by atoms with van der Waals surface area (Å²) in [5, 5.41) is 15.1. The molecule has 8 nitrogen and oxygen atoms in total. The fraction of sp³-hybridized carbons (Fsp3) is 0.353. The minimum atomic E-state index is -0.317. The molecule has 1 saturated heterocycles. The Labute approximate surface area is 155 Å². The number of carbonyl (C=O) groups excluding carboxylic acids is 1. The fourth-order valence-electron chi connectivity index (χ4n) is 2.82. The van der Waals surface area contributed by atoms with Crippen molar-refractivity contribution in [1.82, 2.24) is 25.6 Å². The van der Waals surface area contributed by atoms with E-state index in [0.29, 0.717) is 31.0 Å². The first-order chi connectivity index (χ1) is 12.6. The molecule has 1 fully saturated rings. The number of ether oxygens (including phenoxy) is 1. The number of nitriles is 1. The number of morpholine rings is 1. The maximum atomic E-state index is 11.8. The lowest BCUT2D eigenvalue weighted by molar-refractivity contribution is -0.00415. The van der Waals surface area contributed by atoms with Crippen molar-refractivity contribution in [3.63, 3.8) is 0 Å². The topological polar surface area (TPSA) is 113 Å². The second-order valence-electron chi connectivity index (χ2n) is 5.69. The van der Waals surface area contributed by atoms with E-state index in [-0.39, 0.29) is 28.9 Å². The average Bonchev–Trinajstić information content (AvgIpc) is 2.67. The summed E-state index contributed by atoms with van der Waals surface area (Å²) in [6, 6.07) is 7.11. The maximum absolute atomic E-state index is 11.8. The number of nitrogens with one attached hydrogen (secondary N) is 2. The number of halogens is 1. The van der Waals surface area contributed by atoms with Crippen LogP contribution in [0.1, 0.15) is 28.6 Å². The van der Waals surface area contributed by atoms with Gasteiger partial charge in [-0.2, -0.15) is 5.26 Å². The van der Waals surface area contributed by atoms with Gasteiger partial charge < -0.3 is 15.4 Å². The molecule has 134 valence electrons. The zero-order chi connectivity index (χ0) is 18.5. The van der Waals surface area contributed by atoms with Crippen LogP contribution in [0.25, 0.3) is 11.4 Å². The van der Waals surface area contributed by atoms with Gasteiger partial charge in [0.05, 0.1) is 42.6 Å². The number of hydrogen-bond donors (Lipinski definition) is 2. The van der Waals surface area contributed by atoms with Crippen LogP contribution < -0.4 is 10.6 Å². The molecule has 2 aromatic heterocycles. The Kier molecular flexibility index (Phi) is 5.73. The number of hydrogen-bond acceptors (Lipinski definition) is 7. The Bertz CT molecular complexity index is 853. The van der Waals surface area contributed by atoms with E-state index in [9.17, 15) is 4.79 Å². The van der Waals surface area contributed by atoms with Gasteiger partial charge in [0, 0.05) is 13.6 Å². The second kappa shape index (κ2) is 8.19. The summed E-state index contributed by atoms with van der Waals surface area (Å²) in [6.07, 6.45) is 1.30. The van der Waals surface area contributed by atoms with Gasteiger partial charge in [-0.3, -0.25) is 4.79 Å². The van der Waals surface area contributed by atoms with Gasteiger partial charge in [-0.1, -0.05) is 11.6 Å². The molecular weight excluding hydrogens is 356 g/mol. The lowest BCUT2D eigenvalue weighted by Crippen LogP contribution is -2.43. The second-order valence-corrected chi connectivity index (χ2v) is 6.08. The van der Waals surface area contributed by atoms with E-state index in [0.717, 1.165) is 5.56 Å². The SMILES string of the molecule is CNC(=O)c1cc(-c2cc([C@H]3OCCN[C@@H]3CC#N)cc(Cl)n2)ncn1. The third-order valence-electron chi connectivity index (χ3n) is 4.02. The maximum Gasteiger partial charge on any atom is 0.269 e. The Hall–Kier alpha value is -2.60. The summed E-state index contributed by atoms with van der Waals surface area (Å²) in [5.41, 5.74) is 2.01. The van der Waals surface area contributed by atoms with Crippen LogP contribution >= 0.6 is 11.6 Å². The van der Waals surface area contributed by atoms with Crippen LogP contribution in [0.15, 0.2) is 24.5 Å². The zero-order valence-corrected chi connectivity index (χ0v) is 14.8. The number of carbonyl (C=O) groups is 1. The standard InChI is InChI=1S/C17H17ClN6O2/c1-20-17(25)14-8-12(22-9-23-14)13-6-10(7-15(18)24-13)16-11(2-3-19)21-4-5-26-16/h6-9,11,16,21H,2,4-5H2,1H3,(H,20,25)/t11-,16-/m1/s1. The van der Waals surface area contributed by atoms with Crippen molar-refractivity contribution in [3.8, 4) is 17.5 Å². The molecule has 0 aromatic carbocycles. The monoisotopic (exact) mass is 372 g/mol. The summed E-state index contributed by atoms with van der Waals surface area (Å²) >= 11 is 6.20. The lowest BCUT2D eigenvalue weighted by Gasteiger charge is -2.32. The molecule has 3 heterocycles. The predicted molar refractivity (Wildman–Crippen MR) is 94.4 cm³/mol. The van der Waals surface area contributed by atoms with Crippen LogP contribution in [0.5, 0.6) is 0 Å². The van der Waals surface area contributed by atoms with E-state index < -0.39 is 0 Å². The molecule has 2 aromatic rings. The highest BCUT2D eigenvalue weighted by Crippen LogP contribution is 2.30. The quantitative estimate of drug-likeness (QED) is 0.782. The smallest absolute Gasteiger partial charge is 0.269 e. The minimum absolute atomic E-state index is 0.133. The third kappa shape index (κ3) is 3.96. The number of aromatic nitrogens is 3. The van der Waals surface area contributed by atoms with E-state index in [2.05, 4.69) is 31.7 Å². The number of pyridine rings is 1. The van der Waals surface area contributed by atoms with E-state index in [1.807, 2.05) is 6.07 Å². The fourth-order valence-corrected chi connectivity index (χ4v) is 3.04. The first-order valence-electron chi connectivity index (χ1n) is 8.06. The summed E-state index contributed by atoms with van der Waals surface area (Å²) in [7, 11) is 1.53. The van der Waals surface area contributed by atoms with Crippen molar-refractivity contribution >= 4 is 17.5 Å². The Morgan fingerprint density at radius 3 is 3.04 bits per heavy atom. The summed E-state index contributed by atoms with van der Waals surface area (Å²) in [5.74, 6) is -0.315. The minimum Gasteiger partial charge on any atom is -0.371 e. The lowest BCUT2D eigenvalue weighted by atomic mass is 9.98. The van der Waals surface area contributed by atoms with Gasteiger partial charge in [0.15, 0.2) is 0 Å². The molecule has 9 heteroatoms. The van der Waals surface area contributed by atoms with Gasteiger partial charge in [0.2, 0.25) is 0 Å². The first-order valence-corrected chi connectivity index (χ1v) is 8.44. The zero-order valence-electron chi connectivity index (χ0n) is 14.1. The molecule has 2 atom stereocenters. The molecule has 0 saturated carbocycles. The summed E-state index contributed by atoms with van der Waals surface area (Å²) in [4.78, 5) is 24.2. The normalized spacial score (nSPS) is 19.6. The van der Waals surface area contributed by atoms with Gasteiger partial charge in [-0.05, 0) is 23.8 Å². The summed E-state index contributed by atoms with van der Waals surface area (Å²) in [6.45, 7) is 1.23. The number of rotatable bonds is 4. The molecule has 1 amide bonds. The molecule has 1 aliphatic heterocycles. The Morgan fingerprint density at radius 2 is 2.27 bits per heavy atom. The first kappa shape index (κ1) is 18.2. The number of amides is 1. The molecule has 0 spiro atoms. The van der Waals surface area contributed by atoms with E-state index >= 15 is 0 Å². The molecule has 0 radical (unpaired) electrons. The van der Waals surface area contributed by atoms with Crippen LogP contribution in [0.4, 0.5) is 0 Å². The van der Waals surface area contributed by atoms with Crippen molar-refractivity contribution in [2.75, 3.05) is 20.2 Å². The van der Waals surface area contributed by atoms with E-state index in [4.69, 9.17) is 21.6 Å². The van der Waals surface area contributed by atoms with Crippen molar-refractivity contribution in [2.45, 2.75) is 18.6 Å². The van der Waals surface area contributed by atoms with Crippen molar-refractivity contribution in [1.29, 1.82) is 5.26 Å². The van der Waals surface area contributed by atoms with Crippen LogP contribution in [-0.4, -0.2) is 47.1 Å². The van der Waals surface area contributed by atoms with E-state index in [1.165, 1.54) is 13.4 Å². The van der Waals surface area contributed by atoms with Crippen molar-refractivity contribution in [2.24, 2.45) is 0 Å². The van der Waals surface area contributed by atoms with Crippen molar-refractivity contribution < 1.29 is 9.53 Å². The molecular formula is C17H17ClN6O2. The predicted octanol–water partition coefficient (Wildman–Crippen LogP) is 1.49. The van der Waals surface area contributed by atoms with Gasteiger partial charge in [-0.15, -0.1) is 0 Å². The Morgan fingerprint density at radius 1 is 1.42 bits per heavy atom. The molecule has 3 rings (SSSR count). The van der Waals surface area contributed by atoms with Gasteiger partial charge in [0.25, 0.3) is 5.91 Å². The highest BCUT2D eigenvalue weighted by atomic mass is 35.5. The molecule has 0 bridgehead atoms. The third-order valence-corrected chi connectivity index (χ3v) is 4.21. The van der Waals surface area contributed by atoms with Crippen LogP contribution in [0, 0.1) is 11.3 Å². The van der Waals surface area contributed by atoms with Crippen LogP contribution in [0.3, 0.4) is 0 Å². The highest BCUT2D eigenvalue weighted by molar-refractivity contribution is 6.29. The summed E-state index contributed by atoms with van der Waals surface area (Å²) < 4.78 is 5.86. The largest absolute Gasteiger partial charge is 0.371 e. The van der Waals surface area contributed by atoms with Gasteiger partial charge in [0.1, 0.15) is 17.2 Å². The van der Waals surface area contributed by atoms with Gasteiger partial charge >= 0.3 is 0 Å². The highest BCUT2D eigenvalue weighted by Gasteiger charge is 2.28. The molecule has 26 heavy (non-hydrogen) atoms. The van der Waals surface area contributed by atoms with Crippen molar-refractivity contribution in [3.05, 3.63) is 40.9 Å². The molecule has 0 aliphatic carbocycles. The molecule has 1 aliphatic rings. The van der Waals surface area contributed by atoms with Gasteiger partial charge in [-0.25, -0.2) is 15.0 Å².